The van der Waals surface area contributed by atoms with Gasteiger partial charge < -0.3 is 4.74 Å². The van der Waals surface area contributed by atoms with Gasteiger partial charge >= 0.3 is 0 Å². The van der Waals surface area contributed by atoms with Crippen molar-refractivity contribution in [3.63, 3.8) is 0 Å². The molecular formula is C14H17N3O3S. The monoisotopic (exact) mass is 307 g/mol. The number of rotatable bonds is 4. The molecule has 21 heavy (non-hydrogen) atoms. The van der Waals surface area contributed by atoms with Crippen molar-refractivity contribution >= 4 is 10.0 Å². The Hall–Kier alpha value is -1.86. The number of aromatic amines is 1. The van der Waals surface area contributed by atoms with Crippen molar-refractivity contribution in [1.82, 2.24) is 14.5 Å². The molecule has 6 nitrogen and oxygen atoms in total. The summed E-state index contributed by atoms with van der Waals surface area (Å²) in [5.74, 6) is 0.736. The van der Waals surface area contributed by atoms with Gasteiger partial charge in [-0.3, -0.25) is 5.10 Å². The first kappa shape index (κ1) is 14.1. The van der Waals surface area contributed by atoms with Gasteiger partial charge in [-0.2, -0.15) is 9.40 Å². The summed E-state index contributed by atoms with van der Waals surface area (Å²) in [4.78, 5) is 0.206. The molecule has 1 saturated heterocycles. The van der Waals surface area contributed by atoms with Crippen LogP contribution in [0.2, 0.25) is 0 Å². The number of ether oxygens (including phenoxy) is 1. The molecule has 0 aliphatic carbocycles. The van der Waals surface area contributed by atoms with E-state index in [1.807, 2.05) is 24.3 Å². The second-order valence-electron chi connectivity index (χ2n) is 4.98. The quantitative estimate of drug-likeness (QED) is 0.936. The third-order valence-corrected chi connectivity index (χ3v) is 5.64. The molecule has 1 aliphatic heterocycles. The normalized spacial score (nSPS) is 19.8. The Morgan fingerprint density at radius 1 is 1.43 bits per heavy atom. The van der Waals surface area contributed by atoms with E-state index in [0.29, 0.717) is 6.54 Å². The molecule has 0 amide bonds. The van der Waals surface area contributed by atoms with E-state index in [2.05, 4.69) is 10.2 Å². The summed E-state index contributed by atoms with van der Waals surface area (Å²) in [5, 5.41) is 6.29. The number of nitrogens with zero attached hydrogens (tertiary/aromatic N) is 2. The van der Waals surface area contributed by atoms with Gasteiger partial charge in [-0.05, 0) is 30.5 Å². The lowest BCUT2D eigenvalue weighted by Crippen LogP contribution is -2.30. The fraction of sp³-hybridized carbons (Fsp3) is 0.357. The predicted molar refractivity (Wildman–Crippen MR) is 77.4 cm³/mol. The lowest BCUT2D eigenvalue weighted by molar-refractivity contribution is 0.390. The Kier molecular flexibility index (Phi) is 3.69. The highest BCUT2D eigenvalue weighted by Gasteiger charge is 2.36. The van der Waals surface area contributed by atoms with Crippen molar-refractivity contribution in [2.24, 2.45) is 0 Å². The zero-order valence-corrected chi connectivity index (χ0v) is 12.5. The van der Waals surface area contributed by atoms with E-state index in [1.54, 1.807) is 11.4 Å². The standard InChI is InChI=1S/C14H17N3O3S/c1-20-12-5-2-4-11(8-12)14-6-3-7-17(14)21(18,19)13-9-15-16-10-13/h2,4-5,8-10,14H,3,6-7H2,1H3,(H,15,16)/t14-/m1/s1. The van der Waals surface area contributed by atoms with Gasteiger partial charge in [0.25, 0.3) is 0 Å². The molecule has 2 aromatic rings. The molecule has 1 aromatic heterocycles. The van der Waals surface area contributed by atoms with Crippen LogP contribution in [0.1, 0.15) is 24.4 Å². The van der Waals surface area contributed by atoms with Crippen LogP contribution < -0.4 is 4.74 Å². The number of sulfonamides is 1. The molecule has 0 saturated carbocycles. The molecule has 1 N–H and O–H groups in total. The van der Waals surface area contributed by atoms with Crippen molar-refractivity contribution < 1.29 is 13.2 Å². The average Bonchev–Trinajstić information content (AvgIpc) is 3.18. The number of nitrogens with one attached hydrogen (secondary N) is 1. The lowest BCUT2D eigenvalue weighted by Gasteiger charge is -2.24. The number of hydrogen-bond acceptors (Lipinski definition) is 4. The molecule has 112 valence electrons. The van der Waals surface area contributed by atoms with Gasteiger partial charge in [0.05, 0.1) is 19.3 Å². The molecule has 0 radical (unpaired) electrons. The first-order valence-electron chi connectivity index (χ1n) is 6.77. The van der Waals surface area contributed by atoms with Gasteiger partial charge in [0, 0.05) is 12.7 Å². The van der Waals surface area contributed by atoms with E-state index >= 15 is 0 Å². The Labute approximate surface area is 123 Å². The summed E-state index contributed by atoms with van der Waals surface area (Å²) < 4.78 is 32.1. The van der Waals surface area contributed by atoms with E-state index in [0.717, 1.165) is 24.2 Å². The van der Waals surface area contributed by atoms with Crippen LogP contribution in [-0.2, 0) is 10.0 Å². The fourth-order valence-corrected chi connectivity index (χ4v) is 4.32. The van der Waals surface area contributed by atoms with E-state index in [4.69, 9.17) is 4.74 Å². The molecule has 1 fully saturated rings. The zero-order chi connectivity index (χ0) is 14.9. The van der Waals surface area contributed by atoms with Gasteiger partial charge in [-0.25, -0.2) is 8.42 Å². The van der Waals surface area contributed by atoms with Gasteiger partial charge in [0.15, 0.2) is 0 Å². The summed E-state index contributed by atoms with van der Waals surface area (Å²) in [5.41, 5.74) is 0.957. The van der Waals surface area contributed by atoms with Crippen molar-refractivity contribution in [1.29, 1.82) is 0 Å². The first-order chi connectivity index (χ1) is 10.1. The first-order valence-corrected chi connectivity index (χ1v) is 8.21. The van der Waals surface area contributed by atoms with Crippen LogP contribution in [-0.4, -0.2) is 36.6 Å². The van der Waals surface area contributed by atoms with Crippen molar-refractivity contribution in [2.75, 3.05) is 13.7 Å². The van der Waals surface area contributed by atoms with Crippen LogP contribution in [0.4, 0.5) is 0 Å². The molecular weight excluding hydrogens is 290 g/mol. The Morgan fingerprint density at radius 2 is 2.29 bits per heavy atom. The van der Waals surface area contributed by atoms with Gasteiger partial charge in [0.2, 0.25) is 10.0 Å². The van der Waals surface area contributed by atoms with E-state index < -0.39 is 10.0 Å². The van der Waals surface area contributed by atoms with Gasteiger partial charge in [0.1, 0.15) is 10.6 Å². The minimum Gasteiger partial charge on any atom is -0.497 e. The molecule has 2 heterocycles. The number of H-pyrrole nitrogens is 1. The zero-order valence-electron chi connectivity index (χ0n) is 11.7. The van der Waals surface area contributed by atoms with Crippen molar-refractivity contribution in [3.8, 4) is 5.75 Å². The topological polar surface area (TPSA) is 75.3 Å². The fourth-order valence-electron chi connectivity index (χ4n) is 2.73. The number of hydrogen-bond donors (Lipinski definition) is 1. The van der Waals surface area contributed by atoms with Crippen LogP contribution in [0.15, 0.2) is 41.6 Å². The van der Waals surface area contributed by atoms with E-state index in [9.17, 15) is 8.42 Å². The molecule has 0 spiro atoms. The minimum absolute atomic E-state index is 0.153. The lowest BCUT2D eigenvalue weighted by atomic mass is 10.1. The molecule has 0 bridgehead atoms. The van der Waals surface area contributed by atoms with Gasteiger partial charge in [-0.15, -0.1) is 0 Å². The SMILES string of the molecule is COc1cccc([C@H]2CCCN2S(=O)(=O)c2cn[nH]c2)c1. The van der Waals surface area contributed by atoms with Crippen LogP contribution in [0.25, 0.3) is 0 Å². The number of benzene rings is 1. The Bertz CT molecular complexity index is 713. The van der Waals surface area contributed by atoms with Crippen molar-refractivity contribution in [2.45, 2.75) is 23.8 Å². The van der Waals surface area contributed by atoms with Crippen LogP contribution in [0.5, 0.6) is 5.75 Å². The molecule has 3 rings (SSSR count). The molecule has 1 atom stereocenters. The van der Waals surface area contributed by atoms with Gasteiger partial charge in [-0.1, -0.05) is 12.1 Å². The number of methoxy groups -OCH3 is 1. The maximum absolute atomic E-state index is 12.7. The summed E-state index contributed by atoms with van der Waals surface area (Å²) in [6, 6.07) is 7.42. The summed E-state index contributed by atoms with van der Waals surface area (Å²) in [6.07, 6.45) is 4.41. The highest BCUT2D eigenvalue weighted by molar-refractivity contribution is 7.89. The summed E-state index contributed by atoms with van der Waals surface area (Å²) >= 11 is 0. The second-order valence-corrected chi connectivity index (χ2v) is 6.87. The maximum Gasteiger partial charge on any atom is 0.246 e. The second kappa shape index (κ2) is 5.50. The molecule has 1 aromatic carbocycles. The minimum atomic E-state index is -3.51. The van der Waals surface area contributed by atoms with Crippen LogP contribution in [0.3, 0.4) is 0 Å². The third-order valence-electron chi connectivity index (χ3n) is 3.76. The van der Waals surface area contributed by atoms with E-state index in [1.165, 1.54) is 12.4 Å². The van der Waals surface area contributed by atoms with Crippen LogP contribution >= 0.6 is 0 Å². The summed E-state index contributed by atoms with van der Waals surface area (Å²) in [7, 11) is -1.91. The predicted octanol–water partition coefficient (Wildman–Crippen LogP) is 1.94. The van der Waals surface area contributed by atoms with E-state index in [-0.39, 0.29) is 10.9 Å². The Morgan fingerprint density at radius 3 is 3.00 bits per heavy atom. The van der Waals surface area contributed by atoms with Crippen molar-refractivity contribution in [3.05, 3.63) is 42.2 Å². The third kappa shape index (κ3) is 2.54. The number of aromatic nitrogens is 2. The highest BCUT2D eigenvalue weighted by atomic mass is 32.2. The maximum atomic E-state index is 12.7. The molecule has 1 aliphatic rings. The Balaban J connectivity index is 1.96. The summed E-state index contributed by atoms with van der Waals surface area (Å²) in [6.45, 7) is 0.523. The highest BCUT2D eigenvalue weighted by Crippen LogP contribution is 2.37. The smallest absolute Gasteiger partial charge is 0.246 e. The largest absolute Gasteiger partial charge is 0.497 e. The molecule has 7 heteroatoms. The molecule has 0 unspecified atom stereocenters. The van der Waals surface area contributed by atoms with Crippen LogP contribution in [0, 0.1) is 0 Å². The average molecular weight is 307 g/mol.